The van der Waals surface area contributed by atoms with E-state index in [2.05, 4.69) is 11.1 Å². The van der Waals surface area contributed by atoms with Crippen molar-refractivity contribution in [3.63, 3.8) is 0 Å². The molecule has 4 aromatic rings. The molecule has 1 amide bonds. The molecular formula is C25H25N3O3S2. The molecule has 2 aromatic carbocycles. The molecule has 0 spiro atoms. The summed E-state index contributed by atoms with van der Waals surface area (Å²) >= 11 is 1.43. The monoisotopic (exact) mass is 479 g/mol. The third kappa shape index (κ3) is 5.83. The number of fused-ring (bicyclic) bond motifs is 1. The quantitative estimate of drug-likeness (QED) is 0.361. The van der Waals surface area contributed by atoms with Gasteiger partial charge in [0, 0.05) is 12.6 Å². The van der Waals surface area contributed by atoms with Gasteiger partial charge in [-0.1, -0.05) is 47.7 Å². The number of aromatic nitrogens is 2. The molecule has 170 valence electrons. The highest BCUT2D eigenvalue weighted by Crippen LogP contribution is 2.32. The van der Waals surface area contributed by atoms with Gasteiger partial charge in [-0.15, -0.1) is 0 Å². The first-order chi connectivity index (χ1) is 15.8. The maximum absolute atomic E-state index is 13.3. The largest absolute Gasteiger partial charge is 0.282 e. The molecule has 8 heteroatoms. The van der Waals surface area contributed by atoms with Crippen LogP contribution in [0.1, 0.15) is 28.8 Å². The minimum absolute atomic E-state index is 0.0823. The summed E-state index contributed by atoms with van der Waals surface area (Å²) in [6.07, 6.45) is 1.56. The molecular weight excluding hydrogens is 454 g/mol. The Balaban J connectivity index is 1.57. The maximum atomic E-state index is 13.3. The van der Waals surface area contributed by atoms with E-state index in [4.69, 9.17) is 4.98 Å². The van der Waals surface area contributed by atoms with Crippen molar-refractivity contribution in [3.8, 4) is 0 Å². The third-order valence-corrected chi connectivity index (χ3v) is 8.07. The topological polar surface area (TPSA) is 80.2 Å². The molecule has 2 heterocycles. The summed E-state index contributed by atoms with van der Waals surface area (Å²) in [5.74, 6) is -0.589. The highest BCUT2D eigenvalue weighted by atomic mass is 32.2. The summed E-state index contributed by atoms with van der Waals surface area (Å²) in [5.41, 5.74) is 4.55. The van der Waals surface area contributed by atoms with Gasteiger partial charge in [-0.2, -0.15) is 0 Å². The summed E-state index contributed by atoms with van der Waals surface area (Å²) in [5, 5.41) is 0.547. The Hall–Kier alpha value is -3.10. The van der Waals surface area contributed by atoms with E-state index < -0.39 is 9.84 Å². The molecule has 33 heavy (non-hydrogen) atoms. The number of thiazole rings is 1. The standard InChI is InChI=1S/C25H25N3O3S2/c1-18-14-22-23(15-19(18)2)32-25(27-22)28(16-21-10-6-7-12-26-21)24(29)11-13-33(30,31)17-20-8-4-3-5-9-20/h3-10,12,14-15H,11,13,16-17H2,1-2H3. The number of hydrogen-bond acceptors (Lipinski definition) is 6. The molecule has 0 unspecified atom stereocenters. The lowest BCUT2D eigenvalue weighted by Gasteiger charge is -2.19. The zero-order chi connectivity index (χ0) is 23.4. The van der Waals surface area contributed by atoms with Gasteiger partial charge in [-0.05, 0) is 54.8 Å². The van der Waals surface area contributed by atoms with Crippen LogP contribution in [-0.2, 0) is 26.9 Å². The Morgan fingerprint density at radius 3 is 2.45 bits per heavy atom. The number of aryl methyl sites for hydroxylation is 2. The number of pyridine rings is 1. The molecule has 0 aliphatic carbocycles. The van der Waals surface area contributed by atoms with Gasteiger partial charge in [0.1, 0.15) is 0 Å². The molecule has 4 rings (SSSR count). The lowest BCUT2D eigenvalue weighted by molar-refractivity contribution is -0.118. The van der Waals surface area contributed by atoms with E-state index in [9.17, 15) is 13.2 Å². The highest BCUT2D eigenvalue weighted by molar-refractivity contribution is 7.90. The first-order valence-electron chi connectivity index (χ1n) is 10.6. The van der Waals surface area contributed by atoms with Crippen LogP contribution in [-0.4, -0.2) is 30.0 Å². The molecule has 0 N–H and O–H groups in total. The fourth-order valence-electron chi connectivity index (χ4n) is 3.48. The molecule has 6 nitrogen and oxygen atoms in total. The van der Waals surface area contributed by atoms with Crippen molar-refractivity contribution in [1.82, 2.24) is 9.97 Å². The van der Waals surface area contributed by atoms with Crippen LogP contribution in [0.25, 0.3) is 10.2 Å². The molecule has 0 fully saturated rings. The average molecular weight is 480 g/mol. The predicted octanol–water partition coefficient (Wildman–Crippen LogP) is 4.85. The van der Waals surface area contributed by atoms with Crippen molar-refractivity contribution in [2.75, 3.05) is 10.7 Å². The number of nitrogens with zero attached hydrogens (tertiary/aromatic N) is 3. The summed E-state index contributed by atoms with van der Waals surface area (Å²) in [4.78, 5) is 23.8. The molecule has 0 saturated carbocycles. The van der Waals surface area contributed by atoms with Gasteiger partial charge in [0.15, 0.2) is 15.0 Å². The van der Waals surface area contributed by atoms with Crippen LogP contribution < -0.4 is 4.90 Å². The SMILES string of the molecule is Cc1cc2nc(N(Cc3ccccn3)C(=O)CCS(=O)(=O)Cc3ccccc3)sc2cc1C. The molecule has 0 aliphatic rings. The Morgan fingerprint density at radius 2 is 1.73 bits per heavy atom. The lowest BCUT2D eigenvalue weighted by Crippen LogP contribution is -2.32. The number of sulfone groups is 1. The van der Waals surface area contributed by atoms with Crippen molar-refractivity contribution in [3.05, 3.63) is 89.2 Å². The Bertz CT molecular complexity index is 1330. The van der Waals surface area contributed by atoms with E-state index in [1.165, 1.54) is 11.3 Å². The summed E-state index contributed by atoms with van der Waals surface area (Å²) in [6.45, 7) is 4.31. The van der Waals surface area contributed by atoms with Gasteiger partial charge < -0.3 is 0 Å². The minimum atomic E-state index is -3.43. The van der Waals surface area contributed by atoms with Crippen molar-refractivity contribution >= 4 is 42.4 Å². The number of benzene rings is 2. The molecule has 0 bridgehead atoms. The number of carbonyl (C=O) groups is 1. The van der Waals surface area contributed by atoms with Crippen LogP contribution >= 0.6 is 11.3 Å². The van der Waals surface area contributed by atoms with Crippen molar-refractivity contribution in [2.45, 2.75) is 32.6 Å². The van der Waals surface area contributed by atoms with Crippen LogP contribution in [0.2, 0.25) is 0 Å². The average Bonchev–Trinajstić information content (AvgIpc) is 3.19. The van der Waals surface area contributed by atoms with Gasteiger partial charge in [-0.3, -0.25) is 14.7 Å². The van der Waals surface area contributed by atoms with Crippen LogP contribution in [0.5, 0.6) is 0 Å². The van der Waals surface area contributed by atoms with Crippen molar-refractivity contribution < 1.29 is 13.2 Å². The van der Waals surface area contributed by atoms with Gasteiger partial charge in [-0.25, -0.2) is 13.4 Å². The number of amides is 1. The second-order valence-electron chi connectivity index (χ2n) is 8.03. The number of carbonyl (C=O) groups excluding carboxylic acids is 1. The second-order valence-corrected chi connectivity index (χ2v) is 11.2. The van der Waals surface area contributed by atoms with Crippen molar-refractivity contribution in [2.24, 2.45) is 0 Å². The van der Waals surface area contributed by atoms with Crippen molar-refractivity contribution in [1.29, 1.82) is 0 Å². The lowest BCUT2D eigenvalue weighted by atomic mass is 10.1. The highest BCUT2D eigenvalue weighted by Gasteiger charge is 2.23. The number of hydrogen-bond donors (Lipinski definition) is 0. The second kappa shape index (κ2) is 9.80. The van der Waals surface area contributed by atoms with Gasteiger partial charge >= 0.3 is 0 Å². The van der Waals surface area contributed by atoms with E-state index in [1.807, 2.05) is 44.2 Å². The number of anilines is 1. The van der Waals surface area contributed by atoms with Gasteiger partial charge in [0.05, 0.1) is 34.0 Å². The molecule has 0 atom stereocenters. The molecule has 0 saturated heterocycles. The van der Waals surface area contributed by atoms with E-state index in [0.717, 1.165) is 21.3 Å². The molecule has 0 radical (unpaired) electrons. The Labute approximate surface area is 197 Å². The zero-order valence-corrected chi connectivity index (χ0v) is 20.2. The summed E-state index contributed by atoms with van der Waals surface area (Å²) in [7, 11) is -3.43. The number of rotatable bonds is 8. The van der Waals surface area contributed by atoms with Crippen LogP contribution in [0, 0.1) is 13.8 Å². The fraction of sp³-hybridized carbons (Fsp3) is 0.240. The smallest absolute Gasteiger partial charge is 0.230 e. The minimum Gasteiger partial charge on any atom is -0.282 e. The predicted molar refractivity (Wildman–Crippen MR) is 133 cm³/mol. The Kier molecular flexibility index (Phi) is 6.85. The molecule has 0 aliphatic heterocycles. The van der Waals surface area contributed by atoms with Gasteiger partial charge in [0.2, 0.25) is 5.91 Å². The first kappa shape index (κ1) is 23.1. The third-order valence-electron chi connectivity index (χ3n) is 5.43. The fourth-order valence-corrected chi connectivity index (χ4v) is 5.87. The van der Waals surface area contributed by atoms with E-state index in [0.29, 0.717) is 16.4 Å². The normalized spacial score (nSPS) is 11.6. The zero-order valence-electron chi connectivity index (χ0n) is 18.6. The van der Waals surface area contributed by atoms with Crippen LogP contribution in [0.15, 0.2) is 66.9 Å². The first-order valence-corrected chi connectivity index (χ1v) is 13.3. The molecule has 2 aromatic heterocycles. The van der Waals surface area contributed by atoms with E-state index in [1.54, 1.807) is 35.4 Å². The van der Waals surface area contributed by atoms with Crippen LogP contribution in [0.3, 0.4) is 0 Å². The van der Waals surface area contributed by atoms with E-state index in [-0.39, 0.29) is 30.4 Å². The maximum Gasteiger partial charge on any atom is 0.230 e. The van der Waals surface area contributed by atoms with Crippen LogP contribution in [0.4, 0.5) is 5.13 Å². The summed E-state index contributed by atoms with van der Waals surface area (Å²) < 4.78 is 26.3. The summed E-state index contributed by atoms with van der Waals surface area (Å²) in [6, 6.07) is 18.6. The van der Waals surface area contributed by atoms with E-state index >= 15 is 0 Å². The van der Waals surface area contributed by atoms with Gasteiger partial charge in [0.25, 0.3) is 0 Å². The Morgan fingerprint density at radius 1 is 1.00 bits per heavy atom.